The summed E-state index contributed by atoms with van der Waals surface area (Å²) in [4.78, 5) is 14.9. The molecule has 3 rings (SSSR count). The molecule has 0 saturated heterocycles. The highest BCUT2D eigenvalue weighted by atomic mass is 19.1. The first-order valence-corrected chi connectivity index (χ1v) is 8.74. The Balaban J connectivity index is 1.91. The molecule has 1 atom stereocenters. The molecule has 0 heterocycles. The zero-order valence-electron chi connectivity index (χ0n) is 14.1. The lowest BCUT2D eigenvalue weighted by Gasteiger charge is -2.33. The van der Waals surface area contributed by atoms with Crippen LogP contribution in [-0.4, -0.2) is 17.9 Å². The molecule has 0 aromatic heterocycles. The van der Waals surface area contributed by atoms with E-state index in [1.165, 1.54) is 18.6 Å². The molecule has 126 valence electrons. The molecule has 1 fully saturated rings. The van der Waals surface area contributed by atoms with Gasteiger partial charge in [-0.3, -0.25) is 4.79 Å². The first-order valence-electron chi connectivity index (χ1n) is 8.74. The largest absolute Gasteiger partial charge is 0.334 e. The monoisotopic (exact) mass is 325 g/mol. The number of hydrogen-bond donors (Lipinski definition) is 0. The van der Waals surface area contributed by atoms with E-state index >= 15 is 0 Å². The van der Waals surface area contributed by atoms with E-state index in [4.69, 9.17) is 0 Å². The molecule has 0 aliphatic heterocycles. The number of benzene rings is 2. The fourth-order valence-corrected chi connectivity index (χ4v) is 3.68. The highest BCUT2D eigenvalue weighted by molar-refractivity contribution is 5.79. The molecule has 2 aromatic rings. The minimum atomic E-state index is -0.258. The molecule has 0 bridgehead atoms. The van der Waals surface area contributed by atoms with Crippen LogP contribution in [0.3, 0.4) is 0 Å². The predicted molar refractivity (Wildman–Crippen MR) is 94.0 cm³/mol. The van der Waals surface area contributed by atoms with E-state index in [2.05, 4.69) is 0 Å². The summed E-state index contributed by atoms with van der Waals surface area (Å²) < 4.78 is 13.3. The molecule has 24 heavy (non-hydrogen) atoms. The van der Waals surface area contributed by atoms with Crippen molar-refractivity contribution in [1.82, 2.24) is 4.90 Å². The van der Waals surface area contributed by atoms with Crippen molar-refractivity contribution in [2.75, 3.05) is 7.05 Å². The fraction of sp³-hybridized carbons (Fsp3) is 0.381. The van der Waals surface area contributed by atoms with Crippen molar-refractivity contribution in [3.05, 3.63) is 71.5 Å². The first kappa shape index (κ1) is 16.7. The minimum absolute atomic E-state index is 0.121. The van der Waals surface area contributed by atoms with Crippen molar-refractivity contribution < 1.29 is 9.18 Å². The lowest BCUT2D eigenvalue weighted by molar-refractivity contribution is -0.136. The van der Waals surface area contributed by atoms with Crippen LogP contribution in [0.1, 0.15) is 49.3 Å². The summed E-state index contributed by atoms with van der Waals surface area (Å²) >= 11 is 0. The van der Waals surface area contributed by atoms with Gasteiger partial charge in [-0.1, -0.05) is 61.7 Å². The second kappa shape index (κ2) is 7.61. The molecule has 1 aliphatic rings. The van der Waals surface area contributed by atoms with Crippen LogP contribution in [0.4, 0.5) is 4.39 Å². The van der Waals surface area contributed by atoms with Crippen molar-refractivity contribution in [3.8, 4) is 0 Å². The van der Waals surface area contributed by atoms with E-state index in [9.17, 15) is 9.18 Å². The van der Waals surface area contributed by atoms with Gasteiger partial charge in [-0.05, 0) is 36.1 Å². The van der Waals surface area contributed by atoms with Gasteiger partial charge in [-0.25, -0.2) is 4.39 Å². The summed E-state index contributed by atoms with van der Waals surface area (Å²) in [6, 6.07) is 16.3. The van der Waals surface area contributed by atoms with Gasteiger partial charge in [0.1, 0.15) is 5.82 Å². The minimum Gasteiger partial charge on any atom is -0.334 e. The third-order valence-corrected chi connectivity index (χ3v) is 4.99. The number of hydrogen-bond acceptors (Lipinski definition) is 1. The van der Waals surface area contributed by atoms with Crippen LogP contribution < -0.4 is 0 Å². The van der Waals surface area contributed by atoms with E-state index < -0.39 is 0 Å². The van der Waals surface area contributed by atoms with E-state index in [0.717, 1.165) is 36.8 Å². The van der Waals surface area contributed by atoms with Gasteiger partial charge in [0, 0.05) is 13.0 Å². The van der Waals surface area contributed by atoms with Gasteiger partial charge < -0.3 is 4.90 Å². The van der Waals surface area contributed by atoms with Crippen LogP contribution in [0.25, 0.3) is 0 Å². The Morgan fingerprint density at radius 1 is 0.958 bits per heavy atom. The second-order valence-corrected chi connectivity index (χ2v) is 6.65. The van der Waals surface area contributed by atoms with Gasteiger partial charge in [0.15, 0.2) is 0 Å². The maximum Gasteiger partial charge on any atom is 0.226 e. The van der Waals surface area contributed by atoms with Crippen LogP contribution in [0.2, 0.25) is 0 Å². The second-order valence-electron chi connectivity index (χ2n) is 6.65. The summed E-state index contributed by atoms with van der Waals surface area (Å²) in [5, 5.41) is 0. The molecule has 1 unspecified atom stereocenters. The molecule has 3 heteroatoms. The fourth-order valence-electron chi connectivity index (χ4n) is 3.68. The molecule has 0 radical (unpaired) electrons. The van der Waals surface area contributed by atoms with Gasteiger partial charge >= 0.3 is 0 Å². The number of carbonyl (C=O) groups is 1. The number of rotatable bonds is 4. The smallest absolute Gasteiger partial charge is 0.226 e. The van der Waals surface area contributed by atoms with Gasteiger partial charge in [-0.2, -0.15) is 0 Å². The Morgan fingerprint density at radius 3 is 2.17 bits per heavy atom. The lowest BCUT2D eigenvalue weighted by Crippen LogP contribution is -2.37. The average Bonchev–Trinajstić information content (AvgIpc) is 2.64. The predicted octanol–water partition coefficient (Wildman–Crippen LogP) is 4.95. The van der Waals surface area contributed by atoms with Gasteiger partial charge in [0.25, 0.3) is 0 Å². The number of halogens is 1. The van der Waals surface area contributed by atoms with E-state index in [1.54, 1.807) is 12.1 Å². The lowest BCUT2D eigenvalue weighted by atomic mass is 9.87. The topological polar surface area (TPSA) is 20.3 Å². The van der Waals surface area contributed by atoms with E-state index in [-0.39, 0.29) is 23.7 Å². The molecule has 2 nitrogen and oxygen atoms in total. The Hall–Kier alpha value is -2.16. The maximum absolute atomic E-state index is 13.3. The Labute approximate surface area is 143 Å². The zero-order chi connectivity index (χ0) is 16.9. The maximum atomic E-state index is 13.3. The number of nitrogens with zero attached hydrogens (tertiary/aromatic N) is 1. The standard InChI is InChI=1S/C21H24FNO/c1-23(21(24)18-10-6-3-7-11-18)20(16-8-4-2-5-9-16)17-12-14-19(22)15-13-17/h2,4-5,8-9,12-15,18,20H,3,6-7,10-11H2,1H3. The quantitative estimate of drug-likeness (QED) is 0.778. The van der Waals surface area contributed by atoms with E-state index in [1.807, 2.05) is 42.3 Å². The molecule has 2 aromatic carbocycles. The summed E-state index contributed by atoms with van der Waals surface area (Å²) in [5.41, 5.74) is 1.99. The van der Waals surface area contributed by atoms with Crippen LogP contribution in [0.15, 0.2) is 54.6 Å². The van der Waals surface area contributed by atoms with Crippen LogP contribution in [0, 0.1) is 11.7 Å². The van der Waals surface area contributed by atoms with Crippen LogP contribution in [-0.2, 0) is 4.79 Å². The summed E-state index contributed by atoms with van der Waals surface area (Å²) in [6.07, 6.45) is 5.46. The first-order chi connectivity index (χ1) is 11.7. The molecular weight excluding hydrogens is 301 g/mol. The third-order valence-electron chi connectivity index (χ3n) is 4.99. The van der Waals surface area contributed by atoms with Crippen LogP contribution >= 0.6 is 0 Å². The van der Waals surface area contributed by atoms with Crippen molar-refractivity contribution in [2.24, 2.45) is 5.92 Å². The molecule has 1 aliphatic carbocycles. The highest BCUT2D eigenvalue weighted by Crippen LogP contribution is 2.32. The number of carbonyl (C=O) groups excluding carboxylic acids is 1. The highest BCUT2D eigenvalue weighted by Gasteiger charge is 2.29. The average molecular weight is 325 g/mol. The van der Waals surface area contributed by atoms with Gasteiger partial charge in [0.05, 0.1) is 6.04 Å². The number of amides is 1. The Bertz CT molecular complexity index is 662. The van der Waals surface area contributed by atoms with Crippen LogP contribution in [0.5, 0.6) is 0 Å². The summed E-state index contributed by atoms with van der Waals surface area (Å²) in [5.74, 6) is 0.0649. The van der Waals surface area contributed by atoms with Crippen molar-refractivity contribution >= 4 is 5.91 Å². The van der Waals surface area contributed by atoms with Crippen molar-refractivity contribution in [2.45, 2.75) is 38.1 Å². The molecule has 0 spiro atoms. The summed E-state index contributed by atoms with van der Waals surface area (Å²) in [7, 11) is 1.87. The molecule has 1 saturated carbocycles. The molecule has 0 N–H and O–H groups in total. The molecular formula is C21H24FNO. The molecule has 1 amide bonds. The van der Waals surface area contributed by atoms with E-state index in [0.29, 0.717) is 0 Å². The normalized spacial score (nSPS) is 16.6. The zero-order valence-corrected chi connectivity index (χ0v) is 14.1. The van der Waals surface area contributed by atoms with Crippen molar-refractivity contribution in [3.63, 3.8) is 0 Å². The summed E-state index contributed by atoms with van der Waals surface area (Å²) in [6.45, 7) is 0. The Morgan fingerprint density at radius 2 is 1.54 bits per heavy atom. The SMILES string of the molecule is CN(C(=O)C1CCCCC1)C(c1ccccc1)c1ccc(F)cc1. The third kappa shape index (κ3) is 3.66. The Kier molecular flexibility index (Phi) is 5.29. The van der Waals surface area contributed by atoms with Gasteiger partial charge in [0.2, 0.25) is 5.91 Å². The van der Waals surface area contributed by atoms with Crippen molar-refractivity contribution in [1.29, 1.82) is 0 Å². The van der Waals surface area contributed by atoms with Gasteiger partial charge in [-0.15, -0.1) is 0 Å².